The second-order valence-electron chi connectivity index (χ2n) is 4.46. The van der Waals surface area contributed by atoms with Gasteiger partial charge >= 0.3 is 12.2 Å². The van der Waals surface area contributed by atoms with Crippen LogP contribution < -0.4 is 16.0 Å². The summed E-state index contributed by atoms with van der Waals surface area (Å²) >= 11 is 1.55. The van der Waals surface area contributed by atoms with Crippen molar-refractivity contribution in [3.63, 3.8) is 0 Å². The summed E-state index contributed by atoms with van der Waals surface area (Å²) in [4.78, 5) is 22.5. The van der Waals surface area contributed by atoms with E-state index in [2.05, 4.69) is 10.6 Å². The molecule has 21 heavy (non-hydrogen) atoms. The topological polar surface area (TPSA) is 70.2 Å². The van der Waals surface area contributed by atoms with Crippen LogP contribution in [0.5, 0.6) is 0 Å². The van der Waals surface area contributed by atoms with Crippen LogP contribution in [0.15, 0.2) is 16.8 Å². The summed E-state index contributed by atoms with van der Waals surface area (Å²) in [7, 11) is 0. The average Bonchev–Trinajstić information content (AvgIpc) is 2.85. The number of amides is 3. The molecule has 0 radical (unpaired) electrons. The van der Waals surface area contributed by atoms with Crippen molar-refractivity contribution in [3.05, 3.63) is 22.4 Å². The number of urea groups is 1. The molecule has 0 saturated heterocycles. The van der Waals surface area contributed by atoms with Crippen LogP contribution in [0.4, 0.5) is 18.0 Å². The van der Waals surface area contributed by atoms with Gasteiger partial charge in [-0.1, -0.05) is 0 Å². The number of carbonyl (C=O) groups is 2. The molecule has 0 aliphatic rings. The Balaban J connectivity index is 2.20. The van der Waals surface area contributed by atoms with E-state index in [1.165, 1.54) is 0 Å². The number of hydrogen-bond donors (Lipinski definition) is 3. The van der Waals surface area contributed by atoms with E-state index in [0.29, 0.717) is 6.42 Å². The summed E-state index contributed by atoms with van der Waals surface area (Å²) in [5.41, 5.74) is 1.08. The summed E-state index contributed by atoms with van der Waals surface area (Å²) in [6.45, 7) is -0.127. The summed E-state index contributed by atoms with van der Waals surface area (Å²) in [6, 6.07) is 1.18. The lowest BCUT2D eigenvalue weighted by atomic mass is 10.1. The first-order valence-electron chi connectivity index (χ1n) is 6.15. The largest absolute Gasteiger partial charge is 0.405 e. The van der Waals surface area contributed by atoms with Crippen LogP contribution in [0.2, 0.25) is 0 Å². The van der Waals surface area contributed by atoms with E-state index in [4.69, 9.17) is 0 Å². The molecule has 0 aliphatic heterocycles. The van der Waals surface area contributed by atoms with Crippen molar-refractivity contribution in [2.24, 2.45) is 0 Å². The molecule has 9 heteroatoms. The smallest absolute Gasteiger partial charge is 0.345 e. The Morgan fingerprint density at radius 1 is 1.33 bits per heavy atom. The standard InChI is InChI=1S/C12H16F3N3O2S/c1-8(4-9-2-3-21-6-9)18-11(20)16-5-10(19)17-7-12(13,14)15/h2-3,6,8H,4-5,7H2,1H3,(H,17,19)(H2,16,18,20)/t8-/m1/s1. The molecule has 118 valence electrons. The van der Waals surface area contributed by atoms with E-state index >= 15 is 0 Å². The molecular formula is C12H16F3N3O2S. The van der Waals surface area contributed by atoms with E-state index in [0.717, 1.165) is 5.56 Å². The van der Waals surface area contributed by atoms with Crippen LogP contribution >= 0.6 is 11.3 Å². The molecule has 0 aliphatic carbocycles. The van der Waals surface area contributed by atoms with Gasteiger partial charge in [-0.3, -0.25) is 4.79 Å². The van der Waals surface area contributed by atoms with Crippen molar-refractivity contribution in [2.45, 2.75) is 25.6 Å². The molecular weight excluding hydrogens is 307 g/mol. The van der Waals surface area contributed by atoms with Crippen LogP contribution in [0, 0.1) is 0 Å². The number of alkyl halides is 3. The molecule has 0 fully saturated rings. The normalized spacial score (nSPS) is 12.6. The minimum absolute atomic E-state index is 0.155. The van der Waals surface area contributed by atoms with Crippen molar-refractivity contribution in [2.75, 3.05) is 13.1 Å². The van der Waals surface area contributed by atoms with Crippen LogP contribution in [0.1, 0.15) is 12.5 Å². The molecule has 1 atom stereocenters. The summed E-state index contributed by atoms with van der Waals surface area (Å²) in [5, 5.41) is 10.3. The fraction of sp³-hybridized carbons (Fsp3) is 0.500. The van der Waals surface area contributed by atoms with Crippen molar-refractivity contribution < 1.29 is 22.8 Å². The number of thiophene rings is 1. The average molecular weight is 323 g/mol. The van der Waals surface area contributed by atoms with E-state index in [-0.39, 0.29) is 6.04 Å². The summed E-state index contributed by atoms with van der Waals surface area (Å²) < 4.78 is 35.6. The Morgan fingerprint density at radius 3 is 2.62 bits per heavy atom. The van der Waals surface area contributed by atoms with Gasteiger partial charge < -0.3 is 16.0 Å². The fourth-order valence-electron chi connectivity index (χ4n) is 1.51. The van der Waals surface area contributed by atoms with Crippen molar-refractivity contribution in [3.8, 4) is 0 Å². The molecule has 0 spiro atoms. The first-order valence-corrected chi connectivity index (χ1v) is 7.09. The van der Waals surface area contributed by atoms with Gasteiger partial charge in [-0.05, 0) is 35.7 Å². The van der Waals surface area contributed by atoms with Gasteiger partial charge in [0.15, 0.2) is 0 Å². The third-order valence-corrected chi connectivity index (χ3v) is 3.13. The van der Waals surface area contributed by atoms with Crippen LogP contribution in [-0.2, 0) is 11.2 Å². The second-order valence-corrected chi connectivity index (χ2v) is 5.24. The minimum Gasteiger partial charge on any atom is -0.345 e. The van der Waals surface area contributed by atoms with Gasteiger partial charge in [-0.15, -0.1) is 0 Å². The van der Waals surface area contributed by atoms with E-state index < -0.39 is 31.2 Å². The number of rotatable bonds is 6. The maximum atomic E-state index is 11.9. The number of halogens is 3. The first kappa shape index (κ1) is 17.3. The molecule has 0 unspecified atom stereocenters. The third kappa shape index (κ3) is 8.18. The highest BCUT2D eigenvalue weighted by molar-refractivity contribution is 7.07. The third-order valence-electron chi connectivity index (χ3n) is 2.39. The van der Waals surface area contributed by atoms with E-state index in [1.54, 1.807) is 23.6 Å². The van der Waals surface area contributed by atoms with Gasteiger partial charge in [0.25, 0.3) is 0 Å². The van der Waals surface area contributed by atoms with Crippen LogP contribution in [0.3, 0.4) is 0 Å². The number of carbonyl (C=O) groups excluding carboxylic acids is 2. The van der Waals surface area contributed by atoms with Gasteiger partial charge in [0, 0.05) is 6.04 Å². The fourth-order valence-corrected chi connectivity index (χ4v) is 2.19. The SMILES string of the molecule is C[C@H](Cc1ccsc1)NC(=O)NCC(=O)NCC(F)(F)F. The van der Waals surface area contributed by atoms with Crippen molar-refractivity contribution in [1.29, 1.82) is 0 Å². The van der Waals surface area contributed by atoms with Crippen molar-refractivity contribution in [1.82, 2.24) is 16.0 Å². The second kappa shape index (κ2) is 7.87. The molecule has 3 amide bonds. The maximum absolute atomic E-state index is 11.9. The Morgan fingerprint density at radius 2 is 2.05 bits per heavy atom. The van der Waals surface area contributed by atoms with Crippen LogP contribution in [-0.4, -0.2) is 37.2 Å². The zero-order valence-electron chi connectivity index (χ0n) is 11.3. The maximum Gasteiger partial charge on any atom is 0.405 e. The molecule has 0 aromatic carbocycles. The van der Waals surface area contributed by atoms with Gasteiger partial charge in [0.1, 0.15) is 6.54 Å². The molecule has 1 rings (SSSR count). The first-order chi connectivity index (χ1) is 9.76. The van der Waals surface area contributed by atoms with Gasteiger partial charge in [0.05, 0.1) is 6.54 Å². The Hall–Kier alpha value is -1.77. The molecule has 0 saturated carbocycles. The van der Waals surface area contributed by atoms with E-state index in [1.807, 2.05) is 16.8 Å². The predicted octanol–water partition coefficient (Wildman–Crippen LogP) is 1.66. The van der Waals surface area contributed by atoms with Crippen LogP contribution in [0.25, 0.3) is 0 Å². The zero-order chi connectivity index (χ0) is 15.9. The highest BCUT2D eigenvalue weighted by Gasteiger charge is 2.27. The van der Waals surface area contributed by atoms with Gasteiger partial charge in [0.2, 0.25) is 5.91 Å². The molecule has 0 bridgehead atoms. The van der Waals surface area contributed by atoms with Gasteiger partial charge in [-0.2, -0.15) is 24.5 Å². The Labute approximate surface area is 123 Å². The number of hydrogen-bond acceptors (Lipinski definition) is 3. The summed E-state index contributed by atoms with van der Waals surface area (Å²) in [6.07, 6.45) is -3.83. The van der Waals surface area contributed by atoms with Gasteiger partial charge in [-0.25, -0.2) is 4.79 Å². The Bertz CT molecular complexity index is 463. The highest BCUT2D eigenvalue weighted by Crippen LogP contribution is 2.11. The Kier molecular flexibility index (Phi) is 6.47. The molecule has 1 heterocycles. The van der Waals surface area contributed by atoms with E-state index in [9.17, 15) is 22.8 Å². The molecule has 1 aromatic heterocycles. The molecule has 5 nitrogen and oxygen atoms in total. The predicted molar refractivity (Wildman–Crippen MR) is 73.1 cm³/mol. The minimum atomic E-state index is -4.47. The lowest BCUT2D eigenvalue weighted by Crippen LogP contribution is -2.46. The number of nitrogens with one attached hydrogen (secondary N) is 3. The van der Waals surface area contributed by atoms with Crippen molar-refractivity contribution >= 4 is 23.3 Å². The summed E-state index contributed by atoms with van der Waals surface area (Å²) in [5.74, 6) is -0.895. The lowest BCUT2D eigenvalue weighted by molar-refractivity contribution is -0.137. The highest BCUT2D eigenvalue weighted by atomic mass is 32.1. The quantitative estimate of drug-likeness (QED) is 0.745. The zero-order valence-corrected chi connectivity index (χ0v) is 12.1. The molecule has 1 aromatic rings. The molecule has 3 N–H and O–H groups in total. The lowest BCUT2D eigenvalue weighted by Gasteiger charge is -2.14. The monoisotopic (exact) mass is 323 g/mol.